The van der Waals surface area contributed by atoms with Gasteiger partial charge in [0.1, 0.15) is 5.52 Å². The van der Waals surface area contributed by atoms with Crippen molar-refractivity contribution < 1.29 is 4.74 Å². The second kappa shape index (κ2) is 6.06. The molecule has 19 heavy (non-hydrogen) atoms. The van der Waals surface area contributed by atoms with Crippen LogP contribution in [-0.4, -0.2) is 32.5 Å². The third-order valence-corrected chi connectivity index (χ3v) is 3.23. The highest BCUT2D eigenvalue weighted by molar-refractivity contribution is 5.77. The maximum Gasteiger partial charge on any atom is 0.202 e. The minimum atomic E-state index is 0.555. The molecule has 2 N–H and O–H groups in total. The fourth-order valence-electron chi connectivity index (χ4n) is 2.25. The van der Waals surface area contributed by atoms with Crippen molar-refractivity contribution in [3.05, 3.63) is 5.69 Å². The summed E-state index contributed by atoms with van der Waals surface area (Å²) in [4.78, 5) is 4.38. The Labute approximate surface area is 113 Å². The van der Waals surface area contributed by atoms with Gasteiger partial charge in [-0.15, -0.1) is 0 Å². The van der Waals surface area contributed by atoms with Crippen LogP contribution in [0.3, 0.4) is 0 Å². The molecule has 0 spiro atoms. The Balaban J connectivity index is 1.98. The minimum Gasteiger partial charge on any atom is -0.381 e. The van der Waals surface area contributed by atoms with Gasteiger partial charge >= 0.3 is 0 Å². The van der Waals surface area contributed by atoms with Crippen LogP contribution in [0.15, 0.2) is 0 Å². The third-order valence-electron chi connectivity index (χ3n) is 3.23. The number of ether oxygens (including phenoxy) is 1. The second-order valence-corrected chi connectivity index (χ2v) is 4.82. The van der Waals surface area contributed by atoms with E-state index in [1.165, 1.54) is 6.42 Å². The van der Waals surface area contributed by atoms with Gasteiger partial charge in [-0.2, -0.15) is 5.10 Å². The molecule has 2 aromatic rings. The first-order valence-electron chi connectivity index (χ1n) is 6.88. The highest BCUT2D eigenvalue weighted by Crippen LogP contribution is 2.20. The smallest absolute Gasteiger partial charge is 0.202 e. The third kappa shape index (κ3) is 2.89. The summed E-state index contributed by atoms with van der Waals surface area (Å²) < 4.78 is 9.41. The minimum absolute atomic E-state index is 0.555. The molecule has 0 atom stereocenters. The number of hydrogen-bond donors (Lipinski definition) is 1. The van der Waals surface area contributed by atoms with Gasteiger partial charge in [-0.1, -0.05) is 13.3 Å². The lowest BCUT2D eigenvalue weighted by atomic mass is 10.3. The van der Waals surface area contributed by atoms with Gasteiger partial charge in [-0.3, -0.25) is 9.25 Å². The number of aryl methyl sites for hydroxylation is 3. The van der Waals surface area contributed by atoms with E-state index in [1.807, 2.05) is 23.2 Å². The number of nitrogens with two attached hydrogens (primary N) is 1. The van der Waals surface area contributed by atoms with Crippen LogP contribution < -0.4 is 5.73 Å². The molecule has 0 aliphatic heterocycles. The number of fused-ring (bicyclic) bond motifs is 1. The number of rotatable bonds is 7. The topological polar surface area (TPSA) is 70.9 Å². The van der Waals surface area contributed by atoms with Gasteiger partial charge in [0.15, 0.2) is 5.65 Å². The average molecular weight is 265 g/mol. The molecule has 2 aromatic heterocycles. The standard InChI is InChI=1S/C13H23N5O/c1-4-5-8-19-9-6-7-18-12-11(15-13(18)14)10(2)16-17(12)3/h4-9H2,1-3H3,(H2,14,15). The molecular formula is C13H23N5O. The fourth-order valence-corrected chi connectivity index (χ4v) is 2.25. The largest absolute Gasteiger partial charge is 0.381 e. The Morgan fingerprint density at radius 3 is 2.74 bits per heavy atom. The number of hydrogen-bond acceptors (Lipinski definition) is 4. The maximum absolute atomic E-state index is 5.97. The van der Waals surface area contributed by atoms with E-state index >= 15 is 0 Å². The fraction of sp³-hybridized carbons (Fsp3) is 0.692. The SMILES string of the molecule is CCCCOCCCn1c(N)nc2c(C)nn(C)c21. The van der Waals surface area contributed by atoms with Gasteiger partial charge in [-0.25, -0.2) is 4.98 Å². The van der Waals surface area contributed by atoms with Crippen molar-refractivity contribution in [1.29, 1.82) is 0 Å². The van der Waals surface area contributed by atoms with Crippen molar-refractivity contribution in [3.8, 4) is 0 Å². The Kier molecular flexibility index (Phi) is 4.42. The van der Waals surface area contributed by atoms with E-state index in [1.54, 1.807) is 0 Å². The summed E-state index contributed by atoms with van der Waals surface area (Å²) in [5.41, 5.74) is 8.77. The highest BCUT2D eigenvalue weighted by atomic mass is 16.5. The van der Waals surface area contributed by atoms with E-state index < -0.39 is 0 Å². The zero-order valence-electron chi connectivity index (χ0n) is 12.0. The van der Waals surface area contributed by atoms with Gasteiger partial charge in [0, 0.05) is 26.8 Å². The van der Waals surface area contributed by atoms with Crippen molar-refractivity contribution in [3.63, 3.8) is 0 Å². The van der Waals surface area contributed by atoms with Crippen LogP contribution in [0.5, 0.6) is 0 Å². The Hall–Kier alpha value is -1.56. The molecule has 6 heteroatoms. The molecule has 6 nitrogen and oxygen atoms in total. The molecule has 2 heterocycles. The van der Waals surface area contributed by atoms with Crippen LogP contribution in [0.25, 0.3) is 11.2 Å². The number of nitrogen functional groups attached to an aromatic ring is 1. The first kappa shape index (κ1) is 13.9. The monoisotopic (exact) mass is 265 g/mol. The quantitative estimate of drug-likeness (QED) is 0.776. The summed E-state index contributed by atoms with van der Waals surface area (Å²) in [5, 5.41) is 4.37. The molecule has 0 unspecified atom stereocenters. The van der Waals surface area contributed by atoms with Gasteiger partial charge in [0.2, 0.25) is 5.95 Å². The lowest BCUT2D eigenvalue weighted by Crippen LogP contribution is -2.09. The van der Waals surface area contributed by atoms with Crippen LogP contribution >= 0.6 is 0 Å². The highest BCUT2D eigenvalue weighted by Gasteiger charge is 2.14. The molecule has 0 aliphatic rings. The number of unbranched alkanes of at least 4 members (excludes halogenated alkanes) is 1. The maximum atomic E-state index is 5.97. The molecule has 0 amide bonds. The first-order valence-corrected chi connectivity index (χ1v) is 6.88. The Morgan fingerprint density at radius 1 is 1.26 bits per heavy atom. The zero-order valence-corrected chi connectivity index (χ0v) is 12.0. The summed E-state index contributed by atoms with van der Waals surface area (Å²) in [6, 6.07) is 0. The van der Waals surface area contributed by atoms with Crippen LogP contribution in [0.4, 0.5) is 5.95 Å². The Morgan fingerprint density at radius 2 is 2.00 bits per heavy atom. The molecule has 0 bridgehead atoms. The average Bonchev–Trinajstić information content (AvgIpc) is 2.83. The van der Waals surface area contributed by atoms with Gasteiger partial charge in [-0.05, 0) is 19.8 Å². The number of imidazole rings is 1. The van der Waals surface area contributed by atoms with Crippen LogP contribution in [0, 0.1) is 6.92 Å². The zero-order chi connectivity index (χ0) is 13.8. The molecular weight excluding hydrogens is 242 g/mol. The predicted molar refractivity (Wildman–Crippen MR) is 76.0 cm³/mol. The molecule has 2 rings (SSSR count). The number of anilines is 1. The summed E-state index contributed by atoms with van der Waals surface area (Å²) in [5.74, 6) is 0.555. The molecule has 0 saturated heterocycles. The number of nitrogens with zero attached hydrogens (tertiary/aromatic N) is 4. The van der Waals surface area contributed by atoms with Crippen molar-refractivity contribution >= 4 is 17.1 Å². The van der Waals surface area contributed by atoms with Crippen LogP contribution in [0.2, 0.25) is 0 Å². The Bertz CT molecular complexity index is 543. The number of aromatic nitrogens is 4. The van der Waals surface area contributed by atoms with Crippen LogP contribution in [0.1, 0.15) is 31.9 Å². The molecule has 106 valence electrons. The summed E-state index contributed by atoms with van der Waals surface area (Å²) in [6.45, 7) is 6.53. The van der Waals surface area contributed by atoms with Gasteiger partial charge in [0.25, 0.3) is 0 Å². The first-order chi connectivity index (χ1) is 9.15. The van der Waals surface area contributed by atoms with E-state index in [4.69, 9.17) is 10.5 Å². The summed E-state index contributed by atoms with van der Waals surface area (Å²) in [6.07, 6.45) is 3.23. The van der Waals surface area contributed by atoms with E-state index in [9.17, 15) is 0 Å². The van der Waals surface area contributed by atoms with Crippen molar-refractivity contribution in [2.24, 2.45) is 7.05 Å². The lowest BCUT2D eigenvalue weighted by Gasteiger charge is -2.07. The van der Waals surface area contributed by atoms with Crippen molar-refractivity contribution in [2.75, 3.05) is 18.9 Å². The van der Waals surface area contributed by atoms with Crippen LogP contribution in [-0.2, 0) is 18.3 Å². The van der Waals surface area contributed by atoms with Gasteiger partial charge in [0.05, 0.1) is 5.69 Å². The normalized spacial score (nSPS) is 11.5. The predicted octanol–water partition coefficient (Wildman–Crippen LogP) is 1.87. The summed E-state index contributed by atoms with van der Waals surface area (Å²) >= 11 is 0. The molecule has 0 saturated carbocycles. The van der Waals surface area contributed by atoms with E-state index in [-0.39, 0.29) is 0 Å². The van der Waals surface area contributed by atoms with Crippen molar-refractivity contribution in [1.82, 2.24) is 19.3 Å². The lowest BCUT2D eigenvalue weighted by molar-refractivity contribution is 0.126. The van der Waals surface area contributed by atoms with E-state index in [2.05, 4.69) is 17.0 Å². The van der Waals surface area contributed by atoms with Gasteiger partial charge < -0.3 is 10.5 Å². The van der Waals surface area contributed by atoms with Crippen molar-refractivity contribution in [2.45, 2.75) is 39.7 Å². The van der Waals surface area contributed by atoms with E-state index in [0.29, 0.717) is 5.95 Å². The molecule has 0 aromatic carbocycles. The molecule has 0 radical (unpaired) electrons. The molecule has 0 aliphatic carbocycles. The van der Waals surface area contributed by atoms with E-state index in [0.717, 1.165) is 49.5 Å². The second-order valence-electron chi connectivity index (χ2n) is 4.82. The summed E-state index contributed by atoms with van der Waals surface area (Å²) in [7, 11) is 1.92. The molecule has 0 fully saturated rings.